The largest absolute Gasteiger partial charge is 0.444 e. The average Bonchev–Trinajstić information content (AvgIpc) is 3.14. The van der Waals surface area contributed by atoms with E-state index in [2.05, 4.69) is 32.2 Å². The third-order valence-electron chi connectivity index (χ3n) is 4.63. The number of carbonyl (C=O) groups excluding carboxylic acids is 1. The van der Waals surface area contributed by atoms with Crippen molar-refractivity contribution >= 4 is 17.3 Å². The van der Waals surface area contributed by atoms with Crippen LogP contribution >= 0.6 is 0 Å². The summed E-state index contributed by atoms with van der Waals surface area (Å²) in [5.41, 5.74) is 3.96. The molecule has 1 N–H and O–H groups in total. The van der Waals surface area contributed by atoms with Crippen LogP contribution in [0.2, 0.25) is 0 Å². The van der Waals surface area contributed by atoms with Crippen LogP contribution in [0.1, 0.15) is 37.7 Å². The van der Waals surface area contributed by atoms with Gasteiger partial charge in [-0.25, -0.2) is 14.3 Å². The molecule has 0 unspecified atom stereocenters. The quantitative estimate of drug-likeness (QED) is 0.477. The van der Waals surface area contributed by atoms with Crippen LogP contribution in [-0.4, -0.2) is 42.2 Å². The molecule has 4 aromatic rings. The zero-order chi connectivity index (χ0) is 23.8. The van der Waals surface area contributed by atoms with E-state index in [0.717, 1.165) is 16.9 Å². The highest BCUT2D eigenvalue weighted by molar-refractivity contribution is 5.68. The van der Waals surface area contributed by atoms with Gasteiger partial charge in [0.05, 0.1) is 35.3 Å². The number of fused-ring (bicyclic) bond motifs is 2. The van der Waals surface area contributed by atoms with Crippen molar-refractivity contribution in [3.05, 3.63) is 64.0 Å². The van der Waals surface area contributed by atoms with E-state index in [9.17, 15) is 9.59 Å². The molecule has 0 fully saturated rings. The molecular weight excluding hydrogens is 420 g/mol. The predicted molar refractivity (Wildman–Crippen MR) is 124 cm³/mol. The van der Waals surface area contributed by atoms with Crippen LogP contribution in [0.25, 0.3) is 22.6 Å². The molecule has 0 saturated heterocycles. The summed E-state index contributed by atoms with van der Waals surface area (Å²) in [5, 5.41) is 7.13. The van der Waals surface area contributed by atoms with Crippen LogP contribution < -0.4 is 10.9 Å². The van der Waals surface area contributed by atoms with Crippen LogP contribution in [0.15, 0.2) is 41.5 Å². The topological polar surface area (TPSA) is 103 Å². The number of amides is 1. The molecule has 9 heteroatoms. The lowest BCUT2D eigenvalue weighted by atomic mass is 10.2. The molecule has 33 heavy (non-hydrogen) atoms. The number of alkyl carbamates (subject to hydrolysis) is 1. The predicted octanol–water partition coefficient (Wildman–Crippen LogP) is 2.90. The summed E-state index contributed by atoms with van der Waals surface area (Å²) in [6.45, 7) is 9.32. The molecule has 1 amide bonds. The van der Waals surface area contributed by atoms with Gasteiger partial charge in [-0.1, -0.05) is 11.8 Å². The molecule has 0 saturated carbocycles. The maximum Gasteiger partial charge on any atom is 0.408 e. The number of nitrogens with one attached hydrogen (secondary N) is 1. The first-order chi connectivity index (χ1) is 15.6. The van der Waals surface area contributed by atoms with Crippen LogP contribution in [-0.2, 0) is 4.74 Å². The highest BCUT2D eigenvalue weighted by atomic mass is 16.6. The Kier molecular flexibility index (Phi) is 5.60. The lowest BCUT2D eigenvalue weighted by Crippen LogP contribution is -2.32. The summed E-state index contributed by atoms with van der Waals surface area (Å²) in [5.74, 6) is 5.78. The maximum absolute atomic E-state index is 12.8. The van der Waals surface area contributed by atoms with E-state index >= 15 is 0 Å². The van der Waals surface area contributed by atoms with Crippen molar-refractivity contribution in [3.8, 4) is 23.2 Å². The first-order valence-corrected chi connectivity index (χ1v) is 10.4. The van der Waals surface area contributed by atoms with E-state index < -0.39 is 11.7 Å². The minimum absolute atomic E-state index is 0.126. The third-order valence-corrected chi connectivity index (χ3v) is 4.63. The van der Waals surface area contributed by atoms with E-state index in [-0.39, 0.29) is 12.1 Å². The Morgan fingerprint density at radius 1 is 1.12 bits per heavy atom. The van der Waals surface area contributed by atoms with E-state index in [4.69, 9.17) is 4.74 Å². The normalized spacial score (nSPS) is 11.3. The minimum atomic E-state index is -0.569. The van der Waals surface area contributed by atoms with Crippen LogP contribution in [0.5, 0.6) is 0 Å². The number of hydrogen-bond donors (Lipinski definition) is 1. The number of pyridine rings is 1. The number of rotatable bonds is 2. The lowest BCUT2D eigenvalue weighted by Gasteiger charge is -2.18. The molecule has 168 valence electrons. The van der Waals surface area contributed by atoms with Crippen molar-refractivity contribution in [1.29, 1.82) is 0 Å². The summed E-state index contributed by atoms with van der Waals surface area (Å²) in [7, 11) is 0. The van der Waals surface area contributed by atoms with Gasteiger partial charge in [-0.05, 0) is 52.8 Å². The molecule has 4 heterocycles. The van der Waals surface area contributed by atoms with Gasteiger partial charge in [-0.15, -0.1) is 0 Å². The molecule has 0 spiro atoms. The van der Waals surface area contributed by atoms with Gasteiger partial charge in [0, 0.05) is 17.8 Å². The number of carbonyl (C=O) groups is 1. The highest BCUT2D eigenvalue weighted by Crippen LogP contribution is 2.19. The summed E-state index contributed by atoms with van der Waals surface area (Å²) in [6, 6.07) is 6.82. The van der Waals surface area contributed by atoms with Gasteiger partial charge in [0.1, 0.15) is 16.9 Å². The SMILES string of the molecule is Cc1cn2nc(-c3cc(=O)n4cc(C#CCNC(=O)OC(C)(C)C)ccc4n3)cc2c(C)n1. The second-order valence-corrected chi connectivity index (χ2v) is 8.61. The summed E-state index contributed by atoms with van der Waals surface area (Å²) in [4.78, 5) is 33.5. The fourth-order valence-electron chi connectivity index (χ4n) is 3.30. The van der Waals surface area contributed by atoms with Crippen molar-refractivity contribution < 1.29 is 9.53 Å². The number of hydrogen-bond acceptors (Lipinski definition) is 6. The Labute approximate surface area is 190 Å². The zero-order valence-electron chi connectivity index (χ0n) is 19.1. The molecule has 4 aromatic heterocycles. The first-order valence-electron chi connectivity index (χ1n) is 10.4. The van der Waals surface area contributed by atoms with E-state index in [1.165, 1.54) is 10.5 Å². The van der Waals surface area contributed by atoms with Gasteiger partial charge < -0.3 is 10.1 Å². The molecule has 0 aliphatic carbocycles. The number of aromatic nitrogens is 5. The molecule has 0 atom stereocenters. The highest BCUT2D eigenvalue weighted by Gasteiger charge is 2.15. The Morgan fingerprint density at radius 2 is 1.91 bits per heavy atom. The molecular formula is C24H24N6O3. The van der Waals surface area contributed by atoms with Gasteiger partial charge in [-0.3, -0.25) is 14.2 Å². The number of aryl methyl sites for hydroxylation is 2. The molecule has 0 aromatic carbocycles. The summed E-state index contributed by atoms with van der Waals surface area (Å²) < 4.78 is 8.34. The van der Waals surface area contributed by atoms with Gasteiger partial charge in [0.15, 0.2) is 0 Å². The van der Waals surface area contributed by atoms with Crippen molar-refractivity contribution in [2.45, 2.75) is 40.2 Å². The average molecular weight is 444 g/mol. The Hall–Kier alpha value is -4.19. The fraction of sp³-hybridized carbons (Fsp3) is 0.292. The standard InChI is InChI=1S/C24H24N6O3/c1-15-13-30-20(16(2)26-15)11-19(28-30)18-12-22(31)29-14-17(8-9-21(29)27-18)7-6-10-25-23(32)33-24(3,4)5/h8-9,11-14H,10H2,1-5H3,(H,25,32). The number of nitrogens with zero attached hydrogens (tertiary/aromatic N) is 5. The Morgan fingerprint density at radius 3 is 2.67 bits per heavy atom. The Bertz CT molecular complexity index is 1500. The van der Waals surface area contributed by atoms with Crippen LogP contribution in [0.4, 0.5) is 4.79 Å². The van der Waals surface area contributed by atoms with Gasteiger partial charge in [-0.2, -0.15) is 5.10 Å². The van der Waals surface area contributed by atoms with E-state index in [1.807, 2.05) is 26.1 Å². The molecule has 4 rings (SSSR count). The Balaban J connectivity index is 1.57. The second-order valence-electron chi connectivity index (χ2n) is 8.61. The van der Waals surface area contributed by atoms with Gasteiger partial charge in [0.2, 0.25) is 0 Å². The van der Waals surface area contributed by atoms with Gasteiger partial charge >= 0.3 is 6.09 Å². The molecule has 9 nitrogen and oxygen atoms in total. The molecule has 0 aliphatic rings. The van der Waals surface area contributed by atoms with Crippen molar-refractivity contribution in [1.82, 2.24) is 29.3 Å². The maximum atomic E-state index is 12.8. The minimum Gasteiger partial charge on any atom is -0.444 e. The molecule has 0 radical (unpaired) electrons. The van der Waals surface area contributed by atoms with Crippen LogP contribution in [0, 0.1) is 25.7 Å². The van der Waals surface area contributed by atoms with E-state index in [0.29, 0.717) is 22.6 Å². The third kappa shape index (κ3) is 5.01. The molecule has 0 aliphatic heterocycles. The van der Waals surface area contributed by atoms with Crippen molar-refractivity contribution in [3.63, 3.8) is 0 Å². The fourth-order valence-corrected chi connectivity index (χ4v) is 3.30. The van der Waals surface area contributed by atoms with Gasteiger partial charge in [0.25, 0.3) is 5.56 Å². The first kappa shape index (κ1) is 22.0. The smallest absolute Gasteiger partial charge is 0.408 e. The zero-order valence-corrected chi connectivity index (χ0v) is 19.1. The van der Waals surface area contributed by atoms with Crippen molar-refractivity contribution in [2.24, 2.45) is 0 Å². The number of ether oxygens (including phenoxy) is 1. The van der Waals surface area contributed by atoms with E-state index in [1.54, 1.807) is 43.6 Å². The van der Waals surface area contributed by atoms with Crippen LogP contribution in [0.3, 0.4) is 0 Å². The molecule has 0 bridgehead atoms. The van der Waals surface area contributed by atoms with Crippen molar-refractivity contribution in [2.75, 3.05) is 6.54 Å². The lowest BCUT2D eigenvalue weighted by molar-refractivity contribution is 0.0535. The summed E-state index contributed by atoms with van der Waals surface area (Å²) in [6.07, 6.45) is 2.93. The second kappa shape index (κ2) is 8.39. The summed E-state index contributed by atoms with van der Waals surface area (Å²) >= 11 is 0. The monoisotopic (exact) mass is 444 g/mol.